The van der Waals surface area contributed by atoms with Crippen LogP contribution in [0.5, 0.6) is 0 Å². The molecule has 1 atom stereocenters. The van der Waals surface area contributed by atoms with Crippen molar-refractivity contribution in [2.75, 3.05) is 32.8 Å². The van der Waals surface area contributed by atoms with Crippen LogP contribution in [0.4, 0.5) is 0 Å². The van der Waals surface area contributed by atoms with E-state index in [4.69, 9.17) is 4.74 Å². The second kappa shape index (κ2) is 10.3. The highest BCUT2D eigenvalue weighted by Gasteiger charge is 2.23. The van der Waals surface area contributed by atoms with Gasteiger partial charge in [0.05, 0.1) is 19.3 Å². The average molecular weight is 396 g/mol. The van der Waals surface area contributed by atoms with Crippen LogP contribution in [0.25, 0.3) is 0 Å². The Morgan fingerprint density at radius 2 is 1.93 bits per heavy atom. The molecular formula is C23H29N3O3. The Labute approximate surface area is 172 Å². The lowest BCUT2D eigenvalue weighted by atomic mass is 10.0. The molecule has 1 N–H and O–H groups in total. The van der Waals surface area contributed by atoms with E-state index in [9.17, 15) is 9.59 Å². The van der Waals surface area contributed by atoms with Crippen molar-refractivity contribution in [1.29, 1.82) is 0 Å². The number of hydrogen-bond donors (Lipinski definition) is 1. The SMILES string of the molecule is Cc1ccc(C(=O)CCC(=O)NCC(c2cccnc2)N2CCOCC2)cc1C. The number of carbonyl (C=O) groups excluding carboxylic acids is 2. The summed E-state index contributed by atoms with van der Waals surface area (Å²) >= 11 is 0. The number of aryl methyl sites for hydroxylation is 2. The molecule has 6 nitrogen and oxygen atoms in total. The number of amides is 1. The molecule has 0 saturated carbocycles. The van der Waals surface area contributed by atoms with E-state index >= 15 is 0 Å². The van der Waals surface area contributed by atoms with E-state index in [0.717, 1.165) is 29.8 Å². The van der Waals surface area contributed by atoms with Crippen LogP contribution in [0.15, 0.2) is 42.7 Å². The lowest BCUT2D eigenvalue weighted by molar-refractivity contribution is -0.121. The van der Waals surface area contributed by atoms with Gasteiger partial charge in [0.1, 0.15) is 0 Å². The quantitative estimate of drug-likeness (QED) is 0.696. The monoisotopic (exact) mass is 395 g/mol. The minimum absolute atomic E-state index is 0.000221. The summed E-state index contributed by atoms with van der Waals surface area (Å²) in [5.41, 5.74) is 3.98. The number of nitrogens with zero attached hydrogens (tertiary/aromatic N) is 2. The summed E-state index contributed by atoms with van der Waals surface area (Å²) in [5.74, 6) is -0.107. The molecule has 6 heteroatoms. The maximum atomic E-state index is 12.4. The van der Waals surface area contributed by atoms with Crippen LogP contribution in [0.3, 0.4) is 0 Å². The molecule has 2 aromatic rings. The van der Waals surface area contributed by atoms with Crippen LogP contribution in [0.1, 0.15) is 45.9 Å². The largest absolute Gasteiger partial charge is 0.379 e. The fourth-order valence-corrected chi connectivity index (χ4v) is 3.51. The highest BCUT2D eigenvalue weighted by molar-refractivity contribution is 5.98. The predicted molar refractivity (Wildman–Crippen MR) is 112 cm³/mol. The zero-order chi connectivity index (χ0) is 20.6. The molecule has 1 aliphatic heterocycles. The Hall–Kier alpha value is -2.57. The van der Waals surface area contributed by atoms with E-state index in [-0.39, 0.29) is 30.6 Å². The van der Waals surface area contributed by atoms with Crippen LogP contribution >= 0.6 is 0 Å². The van der Waals surface area contributed by atoms with Gasteiger partial charge >= 0.3 is 0 Å². The normalized spacial score (nSPS) is 15.7. The highest BCUT2D eigenvalue weighted by atomic mass is 16.5. The molecule has 0 spiro atoms. The van der Waals surface area contributed by atoms with Crippen LogP contribution in [-0.2, 0) is 9.53 Å². The lowest BCUT2D eigenvalue weighted by Crippen LogP contribution is -2.43. The van der Waals surface area contributed by atoms with Crippen molar-refractivity contribution in [2.24, 2.45) is 0 Å². The molecule has 29 heavy (non-hydrogen) atoms. The maximum Gasteiger partial charge on any atom is 0.220 e. The number of pyridine rings is 1. The fourth-order valence-electron chi connectivity index (χ4n) is 3.51. The Morgan fingerprint density at radius 1 is 1.14 bits per heavy atom. The summed E-state index contributed by atoms with van der Waals surface area (Å²) < 4.78 is 5.45. The third-order valence-corrected chi connectivity index (χ3v) is 5.46. The molecular weight excluding hydrogens is 366 g/mol. The Morgan fingerprint density at radius 3 is 2.62 bits per heavy atom. The van der Waals surface area contributed by atoms with Crippen molar-refractivity contribution in [3.8, 4) is 0 Å². The number of carbonyl (C=O) groups is 2. The van der Waals surface area contributed by atoms with Gasteiger partial charge in [0.15, 0.2) is 5.78 Å². The molecule has 1 unspecified atom stereocenters. The summed E-state index contributed by atoms with van der Waals surface area (Å²) in [7, 11) is 0. The Kier molecular flexibility index (Phi) is 7.49. The summed E-state index contributed by atoms with van der Waals surface area (Å²) in [6.07, 6.45) is 3.99. The molecule has 0 bridgehead atoms. The number of morpholine rings is 1. The van der Waals surface area contributed by atoms with Gasteiger partial charge in [0, 0.05) is 50.4 Å². The molecule has 1 saturated heterocycles. The van der Waals surface area contributed by atoms with E-state index in [0.29, 0.717) is 25.3 Å². The Balaban J connectivity index is 1.54. The number of rotatable bonds is 8. The topological polar surface area (TPSA) is 71.5 Å². The average Bonchev–Trinajstić information content (AvgIpc) is 2.75. The van der Waals surface area contributed by atoms with Crippen molar-refractivity contribution in [1.82, 2.24) is 15.2 Å². The number of ether oxygens (including phenoxy) is 1. The fraction of sp³-hybridized carbons (Fsp3) is 0.435. The van der Waals surface area contributed by atoms with Crippen molar-refractivity contribution >= 4 is 11.7 Å². The predicted octanol–water partition coefficient (Wildman–Crippen LogP) is 2.85. The highest BCUT2D eigenvalue weighted by Crippen LogP contribution is 2.20. The Bertz CT molecular complexity index is 833. The summed E-state index contributed by atoms with van der Waals surface area (Å²) in [4.78, 5) is 31.3. The van der Waals surface area contributed by atoms with Crippen molar-refractivity contribution in [3.63, 3.8) is 0 Å². The first kappa shape index (κ1) is 21.1. The first-order valence-electron chi connectivity index (χ1n) is 10.1. The van der Waals surface area contributed by atoms with Gasteiger partial charge in [-0.1, -0.05) is 18.2 Å². The number of aromatic nitrogens is 1. The first-order valence-corrected chi connectivity index (χ1v) is 10.1. The van der Waals surface area contributed by atoms with E-state index in [1.54, 1.807) is 6.20 Å². The molecule has 1 aromatic heterocycles. The van der Waals surface area contributed by atoms with Gasteiger partial charge in [-0.15, -0.1) is 0 Å². The molecule has 1 fully saturated rings. The van der Waals surface area contributed by atoms with Gasteiger partial charge in [0.2, 0.25) is 5.91 Å². The van der Waals surface area contributed by atoms with Gasteiger partial charge in [-0.05, 0) is 42.7 Å². The third kappa shape index (κ3) is 5.95. The van der Waals surface area contributed by atoms with E-state index in [2.05, 4.69) is 15.2 Å². The summed E-state index contributed by atoms with van der Waals surface area (Å²) in [5, 5.41) is 3.00. The molecule has 1 amide bonds. The van der Waals surface area contributed by atoms with Gasteiger partial charge in [-0.25, -0.2) is 0 Å². The second-order valence-electron chi connectivity index (χ2n) is 7.48. The van der Waals surface area contributed by atoms with Gasteiger partial charge in [-0.2, -0.15) is 0 Å². The number of ketones is 1. The lowest BCUT2D eigenvalue weighted by Gasteiger charge is -2.34. The molecule has 1 aromatic carbocycles. The third-order valence-electron chi connectivity index (χ3n) is 5.46. The van der Waals surface area contributed by atoms with E-state index in [1.165, 1.54) is 0 Å². The zero-order valence-corrected chi connectivity index (χ0v) is 17.2. The smallest absolute Gasteiger partial charge is 0.220 e. The van der Waals surface area contributed by atoms with Crippen LogP contribution in [-0.4, -0.2) is 54.4 Å². The number of Topliss-reactive ketones (excluding diaryl/α,β-unsaturated/α-hetero) is 1. The number of benzene rings is 1. The van der Waals surface area contributed by atoms with Crippen LogP contribution < -0.4 is 5.32 Å². The van der Waals surface area contributed by atoms with Gasteiger partial charge in [0.25, 0.3) is 0 Å². The number of nitrogens with one attached hydrogen (secondary N) is 1. The van der Waals surface area contributed by atoms with Gasteiger partial charge in [-0.3, -0.25) is 19.5 Å². The van der Waals surface area contributed by atoms with E-state index < -0.39 is 0 Å². The van der Waals surface area contributed by atoms with E-state index in [1.807, 2.05) is 50.4 Å². The van der Waals surface area contributed by atoms with Crippen LogP contribution in [0.2, 0.25) is 0 Å². The summed E-state index contributed by atoms with van der Waals surface area (Å²) in [6.45, 7) is 7.52. The minimum Gasteiger partial charge on any atom is -0.379 e. The molecule has 2 heterocycles. The molecule has 0 aliphatic carbocycles. The second-order valence-corrected chi connectivity index (χ2v) is 7.48. The molecule has 154 valence electrons. The molecule has 0 radical (unpaired) electrons. The standard InChI is InChI=1S/C23H29N3O3/c1-17-5-6-19(14-18(17)2)22(27)7-8-23(28)25-16-21(20-4-3-9-24-15-20)26-10-12-29-13-11-26/h3-6,9,14-15,21H,7-8,10-13,16H2,1-2H3,(H,25,28). The summed E-state index contributed by atoms with van der Waals surface area (Å²) in [6, 6.07) is 9.66. The van der Waals surface area contributed by atoms with Crippen molar-refractivity contribution in [3.05, 3.63) is 65.0 Å². The van der Waals surface area contributed by atoms with Crippen molar-refractivity contribution in [2.45, 2.75) is 32.7 Å². The minimum atomic E-state index is -0.107. The number of hydrogen-bond acceptors (Lipinski definition) is 5. The first-order chi connectivity index (χ1) is 14.0. The zero-order valence-electron chi connectivity index (χ0n) is 17.2. The molecule has 1 aliphatic rings. The van der Waals surface area contributed by atoms with Crippen LogP contribution in [0, 0.1) is 13.8 Å². The maximum absolute atomic E-state index is 12.4. The molecule has 3 rings (SSSR count). The van der Waals surface area contributed by atoms with Gasteiger partial charge < -0.3 is 10.1 Å². The van der Waals surface area contributed by atoms with Crippen molar-refractivity contribution < 1.29 is 14.3 Å².